The molecule has 2 aromatic carbocycles. The number of hydrogen-bond acceptors (Lipinski definition) is 5. The summed E-state index contributed by atoms with van der Waals surface area (Å²) in [5, 5.41) is 0. The summed E-state index contributed by atoms with van der Waals surface area (Å²) >= 11 is 0. The fourth-order valence-corrected chi connectivity index (χ4v) is 7.85. The minimum absolute atomic E-state index is 0.0310. The smallest absolute Gasteiger partial charge is 0.339 e. The lowest BCUT2D eigenvalue weighted by molar-refractivity contribution is -0.132. The van der Waals surface area contributed by atoms with Crippen molar-refractivity contribution in [1.82, 2.24) is 9.21 Å². The van der Waals surface area contributed by atoms with Gasteiger partial charge in [0.1, 0.15) is 6.04 Å². The van der Waals surface area contributed by atoms with Crippen molar-refractivity contribution in [2.75, 3.05) is 48.3 Å². The molecule has 204 valence electrons. The second-order valence-corrected chi connectivity index (χ2v) is 12.9. The van der Waals surface area contributed by atoms with E-state index in [2.05, 4.69) is 36.9 Å². The molecule has 0 radical (unpaired) electrons. The number of amides is 3. The number of hydrogen-bond donors (Lipinski definition) is 0. The van der Waals surface area contributed by atoms with Gasteiger partial charge >= 0.3 is 6.03 Å². The molecule has 5 rings (SSSR count). The summed E-state index contributed by atoms with van der Waals surface area (Å²) in [6.07, 6.45) is 4.93. The van der Waals surface area contributed by atoms with Gasteiger partial charge in [0.2, 0.25) is 15.9 Å². The predicted octanol–water partition coefficient (Wildman–Crippen LogP) is 4.17. The van der Waals surface area contributed by atoms with Crippen molar-refractivity contribution in [2.45, 2.75) is 52.0 Å². The Balaban J connectivity index is 1.34. The maximum absolute atomic E-state index is 13.8. The zero-order valence-electron chi connectivity index (χ0n) is 22.4. The zero-order valence-corrected chi connectivity index (χ0v) is 23.2. The number of anilines is 2. The van der Waals surface area contributed by atoms with Crippen LogP contribution in [0.4, 0.5) is 16.2 Å². The van der Waals surface area contributed by atoms with E-state index in [4.69, 9.17) is 0 Å². The number of nitrogens with zero attached hydrogens (tertiary/aromatic N) is 4. The largest absolute Gasteiger partial charge is 0.368 e. The Morgan fingerprint density at radius 2 is 1.61 bits per heavy atom. The Bertz CT molecular complexity index is 1270. The fourth-order valence-electron chi connectivity index (χ4n) is 6.05. The van der Waals surface area contributed by atoms with E-state index in [1.807, 2.05) is 6.07 Å². The van der Waals surface area contributed by atoms with Crippen LogP contribution in [0.3, 0.4) is 0 Å². The number of benzene rings is 2. The summed E-state index contributed by atoms with van der Waals surface area (Å²) in [5.74, 6) is -0.158. The van der Waals surface area contributed by atoms with Gasteiger partial charge in [0.05, 0.1) is 12.3 Å². The summed E-state index contributed by atoms with van der Waals surface area (Å²) in [6, 6.07) is 13.8. The number of sulfonamides is 1. The summed E-state index contributed by atoms with van der Waals surface area (Å²) in [6.45, 7) is 6.45. The van der Waals surface area contributed by atoms with Gasteiger partial charge in [0, 0.05) is 37.6 Å². The van der Waals surface area contributed by atoms with Crippen molar-refractivity contribution in [3.05, 3.63) is 59.7 Å². The topological polar surface area (TPSA) is 81.2 Å². The number of urea groups is 1. The second kappa shape index (κ2) is 11.0. The van der Waals surface area contributed by atoms with Crippen molar-refractivity contribution < 1.29 is 18.0 Å². The highest BCUT2D eigenvalue weighted by molar-refractivity contribution is 7.89. The van der Waals surface area contributed by atoms with E-state index in [0.717, 1.165) is 36.4 Å². The first-order valence-electron chi connectivity index (χ1n) is 13.7. The molecule has 0 N–H and O–H groups in total. The first-order valence-corrected chi connectivity index (χ1v) is 15.3. The van der Waals surface area contributed by atoms with Crippen LogP contribution in [-0.4, -0.2) is 74.1 Å². The lowest BCUT2D eigenvalue weighted by Crippen LogP contribution is -2.55. The van der Waals surface area contributed by atoms with Gasteiger partial charge in [-0.2, -0.15) is 0 Å². The first-order chi connectivity index (χ1) is 18.2. The first kappa shape index (κ1) is 26.5. The van der Waals surface area contributed by atoms with Crippen LogP contribution in [0.2, 0.25) is 0 Å². The third-order valence-electron chi connectivity index (χ3n) is 8.19. The highest BCUT2D eigenvalue weighted by atomic mass is 32.2. The summed E-state index contributed by atoms with van der Waals surface area (Å²) in [7, 11) is -3.84. The molecule has 3 aliphatic rings. The van der Waals surface area contributed by atoms with Crippen molar-refractivity contribution >= 4 is 33.3 Å². The lowest BCUT2D eigenvalue weighted by Gasteiger charge is -2.38. The van der Waals surface area contributed by atoms with Gasteiger partial charge in [0.25, 0.3) is 0 Å². The number of piperazine rings is 1. The van der Waals surface area contributed by atoms with Crippen LogP contribution in [-0.2, 0) is 14.8 Å². The standard InChI is InChI=1S/C29H38N4O4S/c1-22-13-14-23(2)26(19-22)30-15-17-31(18-16-30)28(34)27-20-32(29(35)33(27)25-11-7-4-8-12-25)38(36,37)21-24-9-5-3-6-10-24/h4,7-8,11-14,19,24,27H,3,5-6,9-10,15-18,20-21H2,1-2H3. The third kappa shape index (κ3) is 5.39. The molecule has 0 spiro atoms. The SMILES string of the molecule is Cc1ccc(C)c(N2CCN(C(=O)C3CN(S(=O)(=O)CC4CCCCC4)C(=O)N3c3ccccc3)CC2)c1. The van der Waals surface area contributed by atoms with Gasteiger partial charge in [0.15, 0.2) is 0 Å². The number of carbonyl (C=O) groups is 2. The molecule has 0 bridgehead atoms. The minimum atomic E-state index is -3.84. The molecule has 2 aromatic rings. The fraction of sp³-hybridized carbons (Fsp3) is 0.517. The second-order valence-electron chi connectivity index (χ2n) is 10.9. The summed E-state index contributed by atoms with van der Waals surface area (Å²) < 4.78 is 27.8. The van der Waals surface area contributed by atoms with Crippen LogP contribution in [0.1, 0.15) is 43.2 Å². The molecule has 2 saturated heterocycles. The molecule has 2 aliphatic heterocycles. The molecular formula is C29H38N4O4S. The van der Waals surface area contributed by atoms with Crippen LogP contribution < -0.4 is 9.80 Å². The molecule has 1 saturated carbocycles. The van der Waals surface area contributed by atoms with Crippen LogP contribution in [0.5, 0.6) is 0 Å². The van der Waals surface area contributed by atoms with Crippen molar-refractivity contribution in [1.29, 1.82) is 0 Å². The van der Waals surface area contributed by atoms with Gasteiger partial charge < -0.3 is 9.80 Å². The maximum Gasteiger partial charge on any atom is 0.339 e. The Morgan fingerprint density at radius 1 is 0.921 bits per heavy atom. The van der Waals surface area contributed by atoms with Gasteiger partial charge in [-0.3, -0.25) is 9.69 Å². The molecule has 2 heterocycles. The highest BCUT2D eigenvalue weighted by Gasteiger charge is 2.49. The van der Waals surface area contributed by atoms with Crippen LogP contribution >= 0.6 is 0 Å². The monoisotopic (exact) mass is 538 g/mol. The van der Waals surface area contributed by atoms with Gasteiger partial charge in [-0.1, -0.05) is 49.6 Å². The van der Waals surface area contributed by atoms with Gasteiger partial charge in [-0.25, -0.2) is 17.5 Å². The summed E-state index contributed by atoms with van der Waals surface area (Å²) in [5.41, 5.74) is 4.12. The number of rotatable bonds is 6. The molecule has 9 heteroatoms. The highest BCUT2D eigenvalue weighted by Crippen LogP contribution is 2.31. The van der Waals surface area contributed by atoms with Crippen molar-refractivity contribution in [3.8, 4) is 0 Å². The minimum Gasteiger partial charge on any atom is -0.368 e. The Morgan fingerprint density at radius 3 is 2.29 bits per heavy atom. The zero-order chi connectivity index (χ0) is 26.9. The normalized spacial score (nSPS) is 21.3. The van der Waals surface area contributed by atoms with E-state index in [-0.39, 0.29) is 24.1 Å². The molecule has 3 fully saturated rings. The van der Waals surface area contributed by atoms with Crippen LogP contribution in [0.25, 0.3) is 0 Å². The predicted molar refractivity (Wildman–Crippen MR) is 150 cm³/mol. The molecule has 1 atom stereocenters. The van der Waals surface area contributed by atoms with E-state index in [1.54, 1.807) is 29.2 Å². The van der Waals surface area contributed by atoms with Gasteiger partial charge in [-0.05, 0) is 61.9 Å². The van der Waals surface area contributed by atoms with Crippen molar-refractivity contribution in [2.24, 2.45) is 5.92 Å². The maximum atomic E-state index is 13.8. The molecule has 3 amide bonds. The molecule has 1 aliphatic carbocycles. The molecule has 38 heavy (non-hydrogen) atoms. The molecule has 1 unspecified atom stereocenters. The van der Waals surface area contributed by atoms with E-state index in [0.29, 0.717) is 31.9 Å². The Labute approximate surface area is 226 Å². The van der Waals surface area contributed by atoms with Crippen LogP contribution in [0, 0.1) is 19.8 Å². The molecular weight excluding hydrogens is 500 g/mol. The van der Waals surface area contributed by atoms with E-state index in [9.17, 15) is 18.0 Å². The Kier molecular flexibility index (Phi) is 7.66. The number of carbonyl (C=O) groups excluding carboxylic acids is 2. The Hall–Kier alpha value is -3.07. The average molecular weight is 539 g/mol. The average Bonchev–Trinajstić information content (AvgIpc) is 3.28. The molecule has 0 aromatic heterocycles. The number of aryl methyl sites for hydroxylation is 2. The van der Waals surface area contributed by atoms with E-state index in [1.165, 1.54) is 21.7 Å². The summed E-state index contributed by atoms with van der Waals surface area (Å²) in [4.78, 5) is 32.9. The quantitative estimate of drug-likeness (QED) is 0.551. The van der Waals surface area contributed by atoms with Crippen LogP contribution in [0.15, 0.2) is 48.5 Å². The number of para-hydroxylation sites is 1. The molecule has 8 nitrogen and oxygen atoms in total. The third-order valence-corrected chi connectivity index (χ3v) is 10.1. The van der Waals surface area contributed by atoms with E-state index < -0.39 is 22.1 Å². The van der Waals surface area contributed by atoms with Crippen molar-refractivity contribution in [3.63, 3.8) is 0 Å². The lowest BCUT2D eigenvalue weighted by atomic mass is 9.91. The van der Waals surface area contributed by atoms with Gasteiger partial charge in [-0.15, -0.1) is 0 Å². The van der Waals surface area contributed by atoms with E-state index >= 15 is 0 Å².